The van der Waals surface area contributed by atoms with Gasteiger partial charge in [0.15, 0.2) is 0 Å². The van der Waals surface area contributed by atoms with Crippen molar-refractivity contribution in [3.8, 4) is 11.5 Å². The Balaban J connectivity index is 1.50. The van der Waals surface area contributed by atoms with E-state index in [1.807, 2.05) is 0 Å². The molecule has 0 amide bonds. The maximum Gasteiger partial charge on any atom is 0.330 e. The molecule has 1 aliphatic carbocycles. The van der Waals surface area contributed by atoms with Gasteiger partial charge in [-0.1, -0.05) is 6.58 Å². The van der Waals surface area contributed by atoms with Gasteiger partial charge < -0.3 is 23.7 Å². The van der Waals surface area contributed by atoms with Gasteiger partial charge in [-0.3, -0.25) is 9.59 Å². The summed E-state index contributed by atoms with van der Waals surface area (Å²) < 4.78 is 21.0. The zero-order valence-electron chi connectivity index (χ0n) is 19.6. The van der Waals surface area contributed by atoms with Crippen molar-refractivity contribution in [1.82, 2.24) is 0 Å². The quantitative estimate of drug-likeness (QED) is 0.122. The zero-order chi connectivity index (χ0) is 24.6. The highest BCUT2D eigenvalue weighted by molar-refractivity contribution is 5.81. The number of aldehydes is 1. The third-order valence-corrected chi connectivity index (χ3v) is 5.63. The Morgan fingerprint density at radius 1 is 0.853 bits per heavy atom. The molecule has 0 saturated heterocycles. The van der Waals surface area contributed by atoms with Gasteiger partial charge >= 0.3 is 17.9 Å². The smallest absolute Gasteiger partial charge is 0.330 e. The Morgan fingerprint density at radius 2 is 1.50 bits per heavy atom. The van der Waals surface area contributed by atoms with E-state index in [-0.39, 0.29) is 36.8 Å². The highest BCUT2D eigenvalue weighted by Gasteiger charge is 2.27. The second-order valence-corrected chi connectivity index (χ2v) is 8.25. The van der Waals surface area contributed by atoms with Gasteiger partial charge in [-0.25, -0.2) is 4.79 Å². The van der Waals surface area contributed by atoms with Gasteiger partial charge in [0.25, 0.3) is 0 Å². The fourth-order valence-corrected chi connectivity index (χ4v) is 3.59. The first kappa shape index (κ1) is 27.1. The Bertz CT molecular complexity index is 794. The molecular weight excluding hydrogens is 440 g/mol. The molecule has 1 aromatic carbocycles. The van der Waals surface area contributed by atoms with Crippen LogP contribution in [0.15, 0.2) is 36.9 Å². The third kappa shape index (κ3) is 10.6. The SMILES string of the molecule is C=CC(=O)OCCC(=O)OCCCCCCOc1ccc(OC(=O)C2CCC(C=O)CC2)cc1. The Kier molecular flexibility index (Phi) is 12.5. The summed E-state index contributed by atoms with van der Waals surface area (Å²) in [5.74, 6) is -0.0534. The lowest BCUT2D eigenvalue weighted by Crippen LogP contribution is -2.26. The lowest BCUT2D eigenvalue weighted by Gasteiger charge is -2.23. The Hall–Kier alpha value is -3.16. The fraction of sp³-hybridized carbons (Fsp3) is 0.538. The van der Waals surface area contributed by atoms with Crippen LogP contribution in [-0.2, 0) is 28.7 Å². The minimum Gasteiger partial charge on any atom is -0.494 e. The first-order valence-electron chi connectivity index (χ1n) is 11.9. The van der Waals surface area contributed by atoms with Crippen molar-refractivity contribution in [2.24, 2.45) is 11.8 Å². The van der Waals surface area contributed by atoms with E-state index in [0.29, 0.717) is 37.6 Å². The van der Waals surface area contributed by atoms with Crippen molar-refractivity contribution >= 4 is 24.2 Å². The minimum absolute atomic E-state index is 0.00614. The number of esters is 3. The fourth-order valence-electron chi connectivity index (χ4n) is 3.59. The number of benzene rings is 1. The Morgan fingerprint density at radius 3 is 2.15 bits per heavy atom. The van der Waals surface area contributed by atoms with E-state index in [0.717, 1.165) is 50.9 Å². The molecule has 0 bridgehead atoms. The lowest BCUT2D eigenvalue weighted by atomic mass is 9.83. The average molecular weight is 475 g/mol. The topological polar surface area (TPSA) is 105 Å². The molecule has 0 aliphatic heterocycles. The molecule has 1 saturated carbocycles. The van der Waals surface area contributed by atoms with Crippen molar-refractivity contribution in [3.63, 3.8) is 0 Å². The molecule has 186 valence electrons. The summed E-state index contributed by atoms with van der Waals surface area (Å²) in [5.41, 5.74) is 0. The molecule has 0 unspecified atom stereocenters. The van der Waals surface area contributed by atoms with Gasteiger partial charge in [0.1, 0.15) is 24.4 Å². The van der Waals surface area contributed by atoms with Crippen LogP contribution in [0.25, 0.3) is 0 Å². The van der Waals surface area contributed by atoms with Gasteiger partial charge in [0.05, 0.1) is 25.6 Å². The van der Waals surface area contributed by atoms with E-state index in [9.17, 15) is 19.2 Å². The third-order valence-electron chi connectivity index (χ3n) is 5.63. The van der Waals surface area contributed by atoms with Crippen molar-refractivity contribution in [2.45, 2.75) is 57.8 Å². The summed E-state index contributed by atoms with van der Waals surface area (Å²) in [6.07, 6.45) is 8.42. The summed E-state index contributed by atoms with van der Waals surface area (Å²) in [6, 6.07) is 6.99. The van der Waals surface area contributed by atoms with Crippen LogP contribution in [0.5, 0.6) is 11.5 Å². The predicted molar refractivity (Wildman–Crippen MR) is 124 cm³/mol. The highest BCUT2D eigenvalue weighted by atomic mass is 16.5. The van der Waals surface area contributed by atoms with Crippen LogP contribution in [0.4, 0.5) is 0 Å². The molecule has 0 atom stereocenters. The van der Waals surface area contributed by atoms with E-state index in [1.165, 1.54) is 0 Å². The van der Waals surface area contributed by atoms with Crippen molar-refractivity contribution in [3.05, 3.63) is 36.9 Å². The second-order valence-electron chi connectivity index (χ2n) is 8.25. The van der Waals surface area contributed by atoms with Crippen LogP contribution in [0.1, 0.15) is 57.8 Å². The molecule has 34 heavy (non-hydrogen) atoms. The number of unbranched alkanes of at least 4 members (excludes halogenated alkanes) is 3. The largest absolute Gasteiger partial charge is 0.494 e. The first-order valence-corrected chi connectivity index (χ1v) is 11.9. The van der Waals surface area contributed by atoms with E-state index < -0.39 is 5.97 Å². The van der Waals surface area contributed by atoms with Crippen LogP contribution in [0.2, 0.25) is 0 Å². The number of carbonyl (C=O) groups is 4. The standard InChI is InChI=1S/C26H34O8/c1-2-24(28)33-18-15-25(29)32-17-6-4-3-5-16-31-22-11-13-23(14-12-22)34-26(30)21-9-7-20(19-27)8-10-21/h2,11-14,19-21H,1,3-10,15-18H2. The monoisotopic (exact) mass is 474 g/mol. The average Bonchev–Trinajstić information content (AvgIpc) is 2.86. The van der Waals surface area contributed by atoms with Crippen LogP contribution in [0.3, 0.4) is 0 Å². The van der Waals surface area contributed by atoms with E-state index in [1.54, 1.807) is 24.3 Å². The van der Waals surface area contributed by atoms with E-state index in [4.69, 9.17) is 18.9 Å². The molecule has 1 aliphatic rings. The summed E-state index contributed by atoms with van der Waals surface area (Å²) in [6.45, 7) is 4.17. The molecule has 1 aromatic rings. The number of hydrogen-bond acceptors (Lipinski definition) is 8. The number of ether oxygens (including phenoxy) is 4. The minimum atomic E-state index is -0.556. The van der Waals surface area contributed by atoms with Crippen molar-refractivity contribution in [2.75, 3.05) is 19.8 Å². The summed E-state index contributed by atoms with van der Waals surface area (Å²) in [7, 11) is 0. The van der Waals surface area contributed by atoms with Gasteiger partial charge in [0, 0.05) is 12.0 Å². The maximum atomic E-state index is 12.3. The molecule has 0 N–H and O–H groups in total. The van der Waals surface area contributed by atoms with Crippen molar-refractivity contribution in [1.29, 1.82) is 0 Å². The van der Waals surface area contributed by atoms with E-state index >= 15 is 0 Å². The molecule has 8 nitrogen and oxygen atoms in total. The number of hydrogen-bond donors (Lipinski definition) is 0. The summed E-state index contributed by atoms with van der Waals surface area (Å²) in [5, 5.41) is 0. The van der Waals surface area contributed by atoms with Gasteiger partial charge in [-0.15, -0.1) is 0 Å². The van der Waals surface area contributed by atoms with Gasteiger partial charge in [0.2, 0.25) is 0 Å². The Labute approximate surface area is 200 Å². The predicted octanol–water partition coefficient (Wildman–Crippen LogP) is 4.20. The molecule has 8 heteroatoms. The molecule has 0 aromatic heterocycles. The van der Waals surface area contributed by atoms with Crippen molar-refractivity contribution < 1.29 is 38.1 Å². The van der Waals surface area contributed by atoms with E-state index in [2.05, 4.69) is 6.58 Å². The number of rotatable bonds is 15. The summed E-state index contributed by atoms with van der Waals surface area (Å²) >= 11 is 0. The first-order chi connectivity index (χ1) is 16.5. The van der Waals surface area contributed by atoms with Gasteiger partial charge in [-0.05, 0) is 75.6 Å². The summed E-state index contributed by atoms with van der Waals surface area (Å²) in [4.78, 5) is 45.5. The van der Waals surface area contributed by atoms with Crippen LogP contribution < -0.4 is 9.47 Å². The van der Waals surface area contributed by atoms with Crippen LogP contribution >= 0.6 is 0 Å². The molecule has 0 heterocycles. The lowest BCUT2D eigenvalue weighted by molar-refractivity contribution is -0.147. The molecular formula is C26H34O8. The number of carbonyl (C=O) groups excluding carboxylic acids is 4. The highest BCUT2D eigenvalue weighted by Crippen LogP contribution is 2.29. The molecule has 1 fully saturated rings. The van der Waals surface area contributed by atoms with Crippen LogP contribution in [-0.4, -0.2) is 44.0 Å². The molecule has 0 spiro atoms. The van der Waals surface area contributed by atoms with Gasteiger partial charge in [-0.2, -0.15) is 0 Å². The molecule has 2 rings (SSSR count). The zero-order valence-corrected chi connectivity index (χ0v) is 19.6. The second kappa shape index (κ2) is 15.6. The molecule has 0 radical (unpaired) electrons. The maximum absolute atomic E-state index is 12.3. The van der Waals surface area contributed by atoms with Crippen LogP contribution in [0, 0.1) is 11.8 Å². The normalized spacial score (nSPS) is 17.3.